The lowest BCUT2D eigenvalue weighted by atomic mass is 10.0. The Labute approximate surface area is 142 Å². The summed E-state index contributed by atoms with van der Waals surface area (Å²) < 4.78 is 0. The van der Waals surface area contributed by atoms with Gasteiger partial charge in [0, 0.05) is 18.9 Å². The van der Waals surface area contributed by atoms with Gasteiger partial charge in [0.15, 0.2) is 0 Å². The van der Waals surface area contributed by atoms with E-state index in [1.165, 1.54) is 0 Å². The summed E-state index contributed by atoms with van der Waals surface area (Å²) >= 11 is 0. The van der Waals surface area contributed by atoms with Crippen LogP contribution in [0.3, 0.4) is 0 Å². The standard InChI is InChI=1S/C19H27N3O2/c1-13(2)11-12-14(3)20-18(23)10-6-9-17-21-16-8-5-4-7-15(16)19(24)22-17/h4-5,7-8,13-14H,6,9-12H2,1-3H3,(H,20,23)(H,21,22,24). The molecule has 1 atom stereocenters. The number of benzene rings is 1. The summed E-state index contributed by atoms with van der Waals surface area (Å²) in [4.78, 5) is 31.2. The van der Waals surface area contributed by atoms with Gasteiger partial charge in [-0.05, 0) is 44.2 Å². The van der Waals surface area contributed by atoms with E-state index in [2.05, 4.69) is 29.1 Å². The van der Waals surface area contributed by atoms with E-state index < -0.39 is 0 Å². The number of amides is 1. The van der Waals surface area contributed by atoms with E-state index in [1.807, 2.05) is 25.1 Å². The third-order valence-electron chi connectivity index (χ3n) is 4.06. The number of hydrogen-bond acceptors (Lipinski definition) is 3. The van der Waals surface area contributed by atoms with Gasteiger partial charge in [0.25, 0.3) is 5.56 Å². The fraction of sp³-hybridized carbons (Fsp3) is 0.526. The molecule has 5 heteroatoms. The number of carbonyl (C=O) groups is 1. The summed E-state index contributed by atoms with van der Waals surface area (Å²) in [5, 5.41) is 3.63. The second-order valence-electron chi connectivity index (χ2n) is 6.82. The minimum atomic E-state index is -0.123. The highest BCUT2D eigenvalue weighted by Gasteiger charge is 2.09. The Morgan fingerprint density at radius 1 is 1.21 bits per heavy atom. The second kappa shape index (κ2) is 8.62. The Morgan fingerprint density at radius 2 is 1.96 bits per heavy atom. The van der Waals surface area contributed by atoms with Crippen LogP contribution in [-0.2, 0) is 11.2 Å². The molecule has 1 unspecified atom stereocenters. The van der Waals surface area contributed by atoms with Gasteiger partial charge in [0.2, 0.25) is 5.91 Å². The highest BCUT2D eigenvalue weighted by atomic mass is 16.1. The zero-order chi connectivity index (χ0) is 17.5. The first-order valence-corrected chi connectivity index (χ1v) is 8.73. The van der Waals surface area contributed by atoms with Crippen molar-refractivity contribution in [2.75, 3.05) is 0 Å². The first kappa shape index (κ1) is 18.2. The molecule has 2 rings (SSSR count). The zero-order valence-electron chi connectivity index (χ0n) is 14.8. The van der Waals surface area contributed by atoms with E-state index in [9.17, 15) is 9.59 Å². The maximum absolute atomic E-state index is 12.0. The van der Waals surface area contributed by atoms with Gasteiger partial charge in [-0.3, -0.25) is 9.59 Å². The molecule has 130 valence electrons. The average molecular weight is 329 g/mol. The van der Waals surface area contributed by atoms with Crippen LogP contribution in [0, 0.1) is 5.92 Å². The first-order chi connectivity index (χ1) is 11.5. The Kier molecular flexibility index (Phi) is 6.53. The molecule has 5 nitrogen and oxygen atoms in total. The van der Waals surface area contributed by atoms with Crippen LogP contribution in [0.5, 0.6) is 0 Å². The van der Waals surface area contributed by atoms with Gasteiger partial charge in [0.1, 0.15) is 5.82 Å². The van der Waals surface area contributed by atoms with Crippen molar-refractivity contribution in [3.05, 3.63) is 40.4 Å². The average Bonchev–Trinajstić information content (AvgIpc) is 2.53. The van der Waals surface area contributed by atoms with Crippen LogP contribution in [0.4, 0.5) is 0 Å². The van der Waals surface area contributed by atoms with Gasteiger partial charge < -0.3 is 10.3 Å². The van der Waals surface area contributed by atoms with E-state index >= 15 is 0 Å². The number of carbonyl (C=O) groups excluding carboxylic acids is 1. The molecule has 0 fully saturated rings. The van der Waals surface area contributed by atoms with E-state index in [4.69, 9.17) is 0 Å². The number of hydrogen-bond donors (Lipinski definition) is 2. The Morgan fingerprint density at radius 3 is 2.71 bits per heavy atom. The van der Waals surface area contributed by atoms with Gasteiger partial charge in [-0.2, -0.15) is 0 Å². The minimum absolute atomic E-state index is 0.0643. The predicted octanol–water partition coefficient (Wildman–Crippen LogP) is 3.19. The van der Waals surface area contributed by atoms with Crippen LogP contribution in [0.15, 0.2) is 29.1 Å². The van der Waals surface area contributed by atoms with Gasteiger partial charge in [-0.1, -0.05) is 26.0 Å². The maximum atomic E-state index is 12.0. The Bertz CT molecular complexity index is 737. The van der Waals surface area contributed by atoms with Crippen molar-refractivity contribution >= 4 is 16.8 Å². The maximum Gasteiger partial charge on any atom is 0.258 e. The molecule has 2 aromatic rings. The van der Waals surface area contributed by atoms with Gasteiger partial charge in [0.05, 0.1) is 10.9 Å². The van der Waals surface area contributed by atoms with Gasteiger partial charge in [-0.25, -0.2) is 4.98 Å². The highest BCUT2D eigenvalue weighted by molar-refractivity contribution is 5.77. The third kappa shape index (κ3) is 5.48. The molecule has 1 aromatic carbocycles. The monoisotopic (exact) mass is 329 g/mol. The second-order valence-corrected chi connectivity index (χ2v) is 6.82. The van der Waals surface area contributed by atoms with Crippen molar-refractivity contribution in [3.63, 3.8) is 0 Å². The molecule has 0 saturated carbocycles. The minimum Gasteiger partial charge on any atom is -0.354 e. The largest absolute Gasteiger partial charge is 0.354 e. The summed E-state index contributed by atoms with van der Waals surface area (Å²) in [5.74, 6) is 1.36. The smallest absolute Gasteiger partial charge is 0.258 e. The lowest BCUT2D eigenvalue weighted by Gasteiger charge is -2.15. The highest BCUT2D eigenvalue weighted by Crippen LogP contribution is 2.08. The van der Waals surface area contributed by atoms with Crippen molar-refractivity contribution in [1.29, 1.82) is 0 Å². The third-order valence-corrected chi connectivity index (χ3v) is 4.06. The lowest BCUT2D eigenvalue weighted by Crippen LogP contribution is -2.32. The predicted molar refractivity (Wildman–Crippen MR) is 97.0 cm³/mol. The molecular formula is C19H27N3O2. The van der Waals surface area contributed by atoms with Gasteiger partial charge in [-0.15, -0.1) is 0 Å². The number of nitrogens with zero attached hydrogens (tertiary/aromatic N) is 1. The topological polar surface area (TPSA) is 74.8 Å². The quantitative estimate of drug-likeness (QED) is 0.781. The number of nitrogens with one attached hydrogen (secondary N) is 2. The molecule has 0 bridgehead atoms. The summed E-state index contributed by atoms with van der Waals surface area (Å²) in [6, 6.07) is 7.49. The summed E-state index contributed by atoms with van der Waals surface area (Å²) in [6.45, 7) is 6.42. The molecule has 1 heterocycles. The first-order valence-electron chi connectivity index (χ1n) is 8.73. The van der Waals surface area contributed by atoms with Crippen LogP contribution in [0.25, 0.3) is 10.9 Å². The van der Waals surface area contributed by atoms with Crippen LogP contribution in [-0.4, -0.2) is 21.9 Å². The Balaban J connectivity index is 1.81. The fourth-order valence-corrected chi connectivity index (χ4v) is 2.67. The van der Waals surface area contributed by atoms with Crippen LogP contribution in [0.2, 0.25) is 0 Å². The molecule has 1 aromatic heterocycles. The fourth-order valence-electron chi connectivity index (χ4n) is 2.67. The number of aromatic amines is 1. The number of rotatable bonds is 8. The van der Waals surface area contributed by atoms with Crippen molar-refractivity contribution < 1.29 is 4.79 Å². The zero-order valence-corrected chi connectivity index (χ0v) is 14.8. The molecular weight excluding hydrogens is 302 g/mol. The molecule has 0 saturated heterocycles. The van der Waals surface area contributed by atoms with E-state index in [0.29, 0.717) is 41.9 Å². The molecule has 0 aliphatic rings. The van der Waals surface area contributed by atoms with Crippen LogP contribution >= 0.6 is 0 Å². The van der Waals surface area contributed by atoms with E-state index in [0.717, 1.165) is 12.8 Å². The normalized spacial score (nSPS) is 12.5. The molecule has 0 radical (unpaired) electrons. The van der Waals surface area contributed by atoms with Crippen molar-refractivity contribution in [3.8, 4) is 0 Å². The van der Waals surface area contributed by atoms with Crippen molar-refractivity contribution in [1.82, 2.24) is 15.3 Å². The molecule has 0 spiro atoms. The SMILES string of the molecule is CC(C)CCC(C)NC(=O)CCCc1nc2ccccc2c(=O)[nH]1. The number of fused-ring (bicyclic) bond motifs is 1. The molecule has 1 amide bonds. The van der Waals surface area contributed by atoms with E-state index in [-0.39, 0.29) is 17.5 Å². The number of aromatic nitrogens is 2. The molecule has 2 N–H and O–H groups in total. The Hall–Kier alpha value is -2.17. The molecule has 0 aliphatic heterocycles. The lowest BCUT2D eigenvalue weighted by molar-refractivity contribution is -0.121. The van der Waals surface area contributed by atoms with Crippen molar-refractivity contribution in [2.45, 2.75) is 58.9 Å². The number of para-hydroxylation sites is 1. The van der Waals surface area contributed by atoms with Gasteiger partial charge >= 0.3 is 0 Å². The van der Waals surface area contributed by atoms with Crippen molar-refractivity contribution in [2.24, 2.45) is 5.92 Å². The summed E-state index contributed by atoms with van der Waals surface area (Å²) in [6.07, 6.45) is 3.83. The summed E-state index contributed by atoms with van der Waals surface area (Å²) in [7, 11) is 0. The molecule has 0 aliphatic carbocycles. The number of aryl methyl sites for hydroxylation is 1. The number of H-pyrrole nitrogens is 1. The molecule has 24 heavy (non-hydrogen) atoms. The van der Waals surface area contributed by atoms with Crippen LogP contribution < -0.4 is 10.9 Å². The van der Waals surface area contributed by atoms with E-state index in [1.54, 1.807) is 6.07 Å². The van der Waals surface area contributed by atoms with Crippen LogP contribution in [0.1, 0.15) is 52.3 Å². The summed E-state index contributed by atoms with van der Waals surface area (Å²) in [5.41, 5.74) is 0.574.